The summed E-state index contributed by atoms with van der Waals surface area (Å²) >= 11 is 0. The van der Waals surface area contributed by atoms with Gasteiger partial charge in [0, 0.05) is 13.2 Å². The maximum atomic E-state index is 9.55. The molecule has 0 bridgehead atoms. The van der Waals surface area contributed by atoms with Crippen molar-refractivity contribution in [3.8, 4) is 0 Å². The number of aliphatic hydroxyl groups excluding tert-OH is 1. The maximum Gasteiger partial charge on any atom is 0.0723 e. The van der Waals surface area contributed by atoms with E-state index in [0.29, 0.717) is 0 Å². The third kappa shape index (κ3) is 4.81. The highest BCUT2D eigenvalue weighted by Gasteiger charge is 2.14. The Balaban J connectivity index is 1.56. The molecule has 1 aliphatic heterocycles. The van der Waals surface area contributed by atoms with E-state index in [4.69, 9.17) is 4.74 Å². The molecule has 1 saturated heterocycles. The number of allylic oxidation sites excluding steroid dienone is 1. The molecule has 1 N–H and O–H groups in total. The normalized spacial score (nSPS) is 26.9. The summed E-state index contributed by atoms with van der Waals surface area (Å²) in [6, 6.07) is 0. The molecular weight excluding hydrogens is 212 g/mol. The van der Waals surface area contributed by atoms with Gasteiger partial charge < -0.3 is 9.84 Å². The molecule has 1 aliphatic carbocycles. The summed E-state index contributed by atoms with van der Waals surface area (Å²) in [6.45, 7) is 1.95. The molecule has 0 aromatic carbocycles. The van der Waals surface area contributed by atoms with Gasteiger partial charge in [-0.2, -0.15) is 0 Å². The number of unbranched alkanes of at least 4 members (excludes halogenated alkanes) is 1. The van der Waals surface area contributed by atoms with Crippen LogP contribution in [0.2, 0.25) is 0 Å². The molecule has 0 radical (unpaired) electrons. The number of aliphatic hydroxyl groups is 1. The summed E-state index contributed by atoms with van der Waals surface area (Å²) < 4.78 is 5.38. The van der Waals surface area contributed by atoms with Crippen molar-refractivity contribution in [3.63, 3.8) is 0 Å². The average Bonchev–Trinajstić information content (AvgIpc) is 2.36. The quantitative estimate of drug-likeness (QED) is 0.587. The molecule has 1 heterocycles. The van der Waals surface area contributed by atoms with Crippen molar-refractivity contribution in [1.29, 1.82) is 0 Å². The van der Waals surface area contributed by atoms with E-state index in [9.17, 15) is 5.11 Å². The van der Waals surface area contributed by atoms with E-state index in [0.717, 1.165) is 25.6 Å². The Kier molecular flexibility index (Phi) is 5.53. The lowest BCUT2D eigenvalue weighted by Gasteiger charge is -2.22. The molecule has 17 heavy (non-hydrogen) atoms. The smallest absolute Gasteiger partial charge is 0.0723 e. The van der Waals surface area contributed by atoms with Crippen LogP contribution in [0.3, 0.4) is 0 Å². The average molecular weight is 238 g/mol. The lowest BCUT2D eigenvalue weighted by atomic mass is 9.90. The van der Waals surface area contributed by atoms with Gasteiger partial charge in [-0.25, -0.2) is 0 Å². The Morgan fingerprint density at radius 1 is 1.18 bits per heavy atom. The van der Waals surface area contributed by atoms with Crippen molar-refractivity contribution in [3.05, 3.63) is 11.6 Å². The Morgan fingerprint density at radius 2 is 2.00 bits per heavy atom. The third-order valence-electron chi connectivity index (χ3n) is 4.13. The molecule has 2 heteroatoms. The molecule has 1 unspecified atom stereocenters. The SMILES string of the molecule is OC1C=C(CCCCC2CCOCC2)CCC1. The summed E-state index contributed by atoms with van der Waals surface area (Å²) in [7, 11) is 0. The van der Waals surface area contributed by atoms with Crippen LogP contribution in [0.1, 0.15) is 57.8 Å². The molecule has 0 spiro atoms. The molecule has 0 saturated carbocycles. The minimum absolute atomic E-state index is 0.158. The fraction of sp³-hybridized carbons (Fsp3) is 0.867. The van der Waals surface area contributed by atoms with E-state index < -0.39 is 0 Å². The first kappa shape index (κ1) is 13.1. The van der Waals surface area contributed by atoms with Crippen LogP contribution in [-0.2, 0) is 4.74 Å². The Labute approximate surface area is 105 Å². The second kappa shape index (κ2) is 7.17. The van der Waals surface area contributed by atoms with Gasteiger partial charge in [-0.3, -0.25) is 0 Å². The number of ether oxygens (including phenoxy) is 1. The Morgan fingerprint density at radius 3 is 2.76 bits per heavy atom. The fourth-order valence-electron chi connectivity index (χ4n) is 3.01. The summed E-state index contributed by atoms with van der Waals surface area (Å²) in [5, 5.41) is 9.55. The van der Waals surface area contributed by atoms with Crippen molar-refractivity contribution in [2.75, 3.05) is 13.2 Å². The monoisotopic (exact) mass is 238 g/mol. The summed E-state index contributed by atoms with van der Waals surface area (Å²) in [5.41, 5.74) is 1.50. The van der Waals surface area contributed by atoms with Crippen molar-refractivity contribution in [1.82, 2.24) is 0 Å². The first-order chi connectivity index (χ1) is 8.34. The Bertz CT molecular complexity index is 241. The van der Waals surface area contributed by atoms with Gasteiger partial charge in [0.15, 0.2) is 0 Å². The lowest BCUT2D eigenvalue weighted by Crippen LogP contribution is -2.15. The molecule has 2 aliphatic rings. The minimum atomic E-state index is -0.158. The van der Waals surface area contributed by atoms with E-state index in [1.54, 1.807) is 0 Å². The van der Waals surface area contributed by atoms with Gasteiger partial charge in [0.05, 0.1) is 6.10 Å². The zero-order chi connectivity index (χ0) is 11.9. The van der Waals surface area contributed by atoms with Crippen LogP contribution in [0.4, 0.5) is 0 Å². The van der Waals surface area contributed by atoms with Crippen LogP contribution in [0, 0.1) is 5.92 Å². The summed E-state index contributed by atoms with van der Waals surface area (Å²) in [6.07, 6.45) is 13.1. The van der Waals surface area contributed by atoms with E-state index >= 15 is 0 Å². The van der Waals surface area contributed by atoms with Gasteiger partial charge in [-0.15, -0.1) is 0 Å². The summed E-state index contributed by atoms with van der Waals surface area (Å²) in [5.74, 6) is 0.912. The van der Waals surface area contributed by atoms with E-state index in [1.807, 2.05) is 0 Å². The van der Waals surface area contributed by atoms with Gasteiger partial charge in [-0.05, 0) is 50.9 Å². The van der Waals surface area contributed by atoms with Crippen molar-refractivity contribution in [2.45, 2.75) is 63.9 Å². The standard InChI is InChI=1S/C15H26O2/c16-15-7-3-6-14(12-15)5-2-1-4-13-8-10-17-11-9-13/h12-13,15-16H,1-11H2. The van der Waals surface area contributed by atoms with Crippen LogP contribution in [-0.4, -0.2) is 24.4 Å². The van der Waals surface area contributed by atoms with Crippen molar-refractivity contribution < 1.29 is 9.84 Å². The molecule has 0 aromatic heterocycles. The molecule has 0 amide bonds. The number of rotatable bonds is 5. The molecule has 2 nitrogen and oxygen atoms in total. The fourth-order valence-corrected chi connectivity index (χ4v) is 3.01. The first-order valence-corrected chi connectivity index (χ1v) is 7.30. The Hall–Kier alpha value is -0.340. The lowest BCUT2D eigenvalue weighted by molar-refractivity contribution is 0.0631. The second-order valence-corrected chi connectivity index (χ2v) is 5.59. The third-order valence-corrected chi connectivity index (χ3v) is 4.13. The van der Waals surface area contributed by atoms with Gasteiger partial charge >= 0.3 is 0 Å². The van der Waals surface area contributed by atoms with Gasteiger partial charge in [0.1, 0.15) is 0 Å². The molecule has 98 valence electrons. The molecule has 0 aromatic rings. The molecule has 1 fully saturated rings. The van der Waals surface area contributed by atoms with Crippen LogP contribution in [0.5, 0.6) is 0 Å². The molecule has 2 rings (SSSR count). The zero-order valence-electron chi connectivity index (χ0n) is 10.9. The molecular formula is C15H26O2. The maximum absolute atomic E-state index is 9.55. The van der Waals surface area contributed by atoms with E-state index in [-0.39, 0.29) is 6.10 Å². The van der Waals surface area contributed by atoms with E-state index in [1.165, 1.54) is 56.9 Å². The first-order valence-electron chi connectivity index (χ1n) is 7.30. The van der Waals surface area contributed by atoms with Gasteiger partial charge in [-0.1, -0.05) is 24.5 Å². The van der Waals surface area contributed by atoms with E-state index in [2.05, 4.69) is 6.08 Å². The highest BCUT2D eigenvalue weighted by atomic mass is 16.5. The van der Waals surface area contributed by atoms with Crippen LogP contribution in [0.15, 0.2) is 11.6 Å². The van der Waals surface area contributed by atoms with Crippen LogP contribution < -0.4 is 0 Å². The second-order valence-electron chi connectivity index (χ2n) is 5.59. The predicted molar refractivity (Wildman–Crippen MR) is 70.0 cm³/mol. The zero-order valence-corrected chi connectivity index (χ0v) is 10.9. The highest BCUT2D eigenvalue weighted by molar-refractivity contribution is 5.08. The highest BCUT2D eigenvalue weighted by Crippen LogP contribution is 2.25. The summed E-state index contributed by atoms with van der Waals surface area (Å²) in [4.78, 5) is 0. The van der Waals surface area contributed by atoms with Crippen LogP contribution in [0.25, 0.3) is 0 Å². The van der Waals surface area contributed by atoms with Gasteiger partial charge in [0.2, 0.25) is 0 Å². The predicted octanol–water partition coefficient (Wildman–Crippen LogP) is 3.44. The topological polar surface area (TPSA) is 29.5 Å². The van der Waals surface area contributed by atoms with Crippen molar-refractivity contribution >= 4 is 0 Å². The minimum Gasteiger partial charge on any atom is -0.389 e. The van der Waals surface area contributed by atoms with Crippen molar-refractivity contribution in [2.24, 2.45) is 5.92 Å². The molecule has 1 atom stereocenters. The number of hydrogen-bond acceptors (Lipinski definition) is 2. The number of hydrogen-bond donors (Lipinski definition) is 1. The van der Waals surface area contributed by atoms with Crippen LogP contribution >= 0.6 is 0 Å². The largest absolute Gasteiger partial charge is 0.389 e. The van der Waals surface area contributed by atoms with Gasteiger partial charge in [0.25, 0.3) is 0 Å².